The molecule has 0 saturated heterocycles. The zero-order valence-electron chi connectivity index (χ0n) is 14.3. The second-order valence-corrected chi connectivity index (χ2v) is 5.85. The average Bonchev–Trinajstić information content (AvgIpc) is 2.67. The summed E-state index contributed by atoms with van der Waals surface area (Å²) in [5.41, 5.74) is 5.46. The van der Waals surface area contributed by atoms with E-state index in [0.29, 0.717) is 18.8 Å². The zero-order chi connectivity index (χ0) is 17.6. The van der Waals surface area contributed by atoms with Crippen LogP contribution in [0.15, 0.2) is 73.3 Å². The Morgan fingerprint density at radius 1 is 0.880 bits per heavy atom. The summed E-state index contributed by atoms with van der Waals surface area (Å²) in [5.74, 6) is -0.220. The molecule has 0 unspecified atom stereocenters. The molecule has 0 N–H and O–H groups in total. The molecule has 0 aromatic heterocycles. The third kappa shape index (κ3) is 4.04. The van der Waals surface area contributed by atoms with Gasteiger partial charge in [0.1, 0.15) is 5.82 Å². The maximum atomic E-state index is 14.6. The summed E-state index contributed by atoms with van der Waals surface area (Å²) in [6.45, 7) is 6.98. The predicted octanol–water partition coefficient (Wildman–Crippen LogP) is 6.34. The van der Waals surface area contributed by atoms with Crippen molar-refractivity contribution in [1.82, 2.24) is 0 Å². The minimum atomic E-state index is -0.220. The van der Waals surface area contributed by atoms with Gasteiger partial charge in [0.15, 0.2) is 0 Å². The fraction of sp³-hybridized carbons (Fsp3) is 0.130. The van der Waals surface area contributed by atoms with Gasteiger partial charge in [0.25, 0.3) is 0 Å². The van der Waals surface area contributed by atoms with Crippen LogP contribution in [0.3, 0.4) is 0 Å². The number of benzene rings is 3. The SMILES string of the molecule is C=Cc1ccc(-c2ccc(-c3ccc(COCC)cc3)c(F)c2)cc1. The lowest BCUT2D eigenvalue weighted by atomic mass is 9.98. The molecule has 0 aliphatic heterocycles. The van der Waals surface area contributed by atoms with E-state index in [-0.39, 0.29) is 5.82 Å². The molecule has 0 heterocycles. The van der Waals surface area contributed by atoms with E-state index in [1.165, 1.54) is 0 Å². The van der Waals surface area contributed by atoms with Crippen molar-refractivity contribution in [3.8, 4) is 22.3 Å². The van der Waals surface area contributed by atoms with Crippen molar-refractivity contribution < 1.29 is 9.13 Å². The number of halogens is 1. The topological polar surface area (TPSA) is 9.23 Å². The van der Waals surface area contributed by atoms with Gasteiger partial charge in [-0.25, -0.2) is 4.39 Å². The van der Waals surface area contributed by atoms with Crippen molar-refractivity contribution in [3.05, 3.63) is 90.3 Å². The molecule has 126 valence electrons. The van der Waals surface area contributed by atoms with E-state index >= 15 is 0 Å². The van der Waals surface area contributed by atoms with Crippen molar-refractivity contribution in [2.75, 3.05) is 6.61 Å². The standard InChI is InChI=1S/C23H21FO/c1-3-17-5-9-19(10-6-17)21-13-14-22(23(24)15-21)20-11-7-18(8-12-20)16-25-4-2/h3,5-15H,1,4,16H2,2H3. The second-order valence-electron chi connectivity index (χ2n) is 5.85. The van der Waals surface area contributed by atoms with Crippen LogP contribution in [0.2, 0.25) is 0 Å². The van der Waals surface area contributed by atoms with Gasteiger partial charge in [-0.1, -0.05) is 73.3 Å². The summed E-state index contributed by atoms with van der Waals surface area (Å²) in [6, 6.07) is 21.1. The lowest BCUT2D eigenvalue weighted by Gasteiger charge is -2.08. The van der Waals surface area contributed by atoms with Crippen LogP contribution < -0.4 is 0 Å². The fourth-order valence-corrected chi connectivity index (χ4v) is 2.74. The van der Waals surface area contributed by atoms with Crippen molar-refractivity contribution >= 4 is 6.08 Å². The predicted molar refractivity (Wildman–Crippen MR) is 103 cm³/mol. The molecule has 1 nitrogen and oxygen atoms in total. The van der Waals surface area contributed by atoms with E-state index in [2.05, 4.69) is 6.58 Å². The summed E-state index contributed by atoms with van der Waals surface area (Å²) in [4.78, 5) is 0. The second kappa shape index (κ2) is 7.91. The summed E-state index contributed by atoms with van der Waals surface area (Å²) in [5, 5.41) is 0. The molecule has 0 saturated carbocycles. The molecule has 0 aliphatic rings. The molecular weight excluding hydrogens is 311 g/mol. The van der Waals surface area contributed by atoms with Gasteiger partial charge in [-0.15, -0.1) is 0 Å². The molecule has 3 aromatic rings. The maximum Gasteiger partial charge on any atom is 0.131 e. The van der Waals surface area contributed by atoms with Crippen molar-refractivity contribution in [3.63, 3.8) is 0 Å². The Kier molecular flexibility index (Phi) is 5.42. The molecule has 0 bridgehead atoms. The first kappa shape index (κ1) is 17.1. The average molecular weight is 332 g/mol. The van der Waals surface area contributed by atoms with Crippen molar-refractivity contribution in [1.29, 1.82) is 0 Å². The fourth-order valence-electron chi connectivity index (χ4n) is 2.74. The van der Waals surface area contributed by atoms with E-state index in [1.807, 2.05) is 67.6 Å². The van der Waals surface area contributed by atoms with Crippen molar-refractivity contribution in [2.45, 2.75) is 13.5 Å². The molecule has 0 radical (unpaired) electrons. The molecule has 0 fully saturated rings. The summed E-state index contributed by atoms with van der Waals surface area (Å²) in [7, 11) is 0. The normalized spacial score (nSPS) is 10.6. The highest BCUT2D eigenvalue weighted by molar-refractivity contribution is 5.71. The first-order chi connectivity index (χ1) is 12.2. The quantitative estimate of drug-likeness (QED) is 0.512. The molecule has 25 heavy (non-hydrogen) atoms. The van der Waals surface area contributed by atoms with Crippen LogP contribution in [0.25, 0.3) is 28.3 Å². The number of hydrogen-bond donors (Lipinski definition) is 0. The van der Waals surface area contributed by atoms with Gasteiger partial charge in [0.05, 0.1) is 6.61 Å². The van der Waals surface area contributed by atoms with Gasteiger partial charge in [-0.3, -0.25) is 0 Å². The molecular formula is C23H21FO. The first-order valence-corrected chi connectivity index (χ1v) is 8.40. The molecule has 0 amide bonds. The summed E-state index contributed by atoms with van der Waals surface area (Å²) < 4.78 is 20.0. The van der Waals surface area contributed by atoms with Gasteiger partial charge in [-0.2, -0.15) is 0 Å². The van der Waals surface area contributed by atoms with E-state index in [1.54, 1.807) is 12.1 Å². The van der Waals surface area contributed by atoms with Gasteiger partial charge >= 0.3 is 0 Å². The smallest absolute Gasteiger partial charge is 0.131 e. The number of rotatable bonds is 6. The summed E-state index contributed by atoms with van der Waals surface area (Å²) in [6.07, 6.45) is 1.79. The van der Waals surface area contributed by atoms with E-state index in [0.717, 1.165) is 27.8 Å². The minimum Gasteiger partial charge on any atom is -0.377 e. The van der Waals surface area contributed by atoms with Crippen LogP contribution in [-0.4, -0.2) is 6.61 Å². The Morgan fingerprint density at radius 2 is 1.52 bits per heavy atom. The highest BCUT2D eigenvalue weighted by Crippen LogP contribution is 2.28. The lowest BCUT2D eigenvalue weighted by molar-refractivity contribution is 0.134. The van der Waals surface area contributed by atoms with E-state index < -0.39 is 0 Å². The molecule has 3 aromatic carbocycles. The van der Waals surface area contributed by atoms with E-state index in [9.17, 15) is 4.39 Å². The zero-order valence-corrected chi connectivity index (χ0v) is 14.3. The van der Waals surface area contributed by atoms with Crippen LogP contribution in [0.5, 0.6) is 0 Å². The van der Waals surface area contributed by atoms with Crippen LogP contribution in [0, 0.1) is 5.82 Å². The Hall–Kier alpha value is -2.71. The Morgan fingerprint density at radius 3 is 2.12 bits per heavy atom. The van der Waals surface area contributed by atoms with Gasteiger partial charge in [0, 0.05) is 12.2 Å². The van der Waals surface area contributed by atoms with Crippen LogP contribution in [-0.2, 0) is 11.3 Å². The van der Waals surface area contributed by atoms with Gasteiger partial charge < -0.3 is 4.74 Å². The van der Waals surface area contributed by atoms with Crippen LogP contribution >= 0.6 is 0 Å². The van der Waals surface area contributed by atoms with Gasteiger partial charge in [-0.05, 0) is 40.8 Å². The van der Waals surface area contributed by atoms with Crippen LogP contribution in [0.1, 0.15) is 18.1 Å². The molecule has 3 rings (SSSR count). The number of ether oxygens (including phenoxy) is 1. The van der Waals surface area contributed by atoms with Crippen molar-refractivity contribution in [2.24, 2.45) is 0 Å². The third-order valence-corrected chi connectivity index (χ3v) is 4.19. The van der Waals surface area contributed by atoms with Crippen LogP contribution in [0.4, 0.5) is 4.39 Å². The third-order valence-electron chi connectivity index (χ3n) is 4.19. The number of hydrogen-bond acceptors (Lipinski definition) is 1. The van der Waals surface area contributed by atoms with Gasteiger partial charge in [0.2, 0.25) is 0 Å². The molecule has 0 aliphatic carbocycles. The highest BCUT2D eigenvalue weighted by Gasteiger charge is 2.08. The molecule has 0 atom stereocenters. The largest absolute Gasteiger partial charge is 0.377 e. The van der Waals surface area contributed by atoms with E-state index in [4.69, 9.17) is 4.74 Å². The monoisotopic (exact) mass is 332 g/mol. The Labute approximate surface area is 148 Å². The summed E-state index contributed by atoms with van der Waals surface area (Å²) >= 11 is 0. The highest BCUT2D eigenvalue weighted by atomic mass is 19.1. The maximum absolute atomic E-state index is 14.6. The Bertz CT molecular complexity index is 848. The Balaban J connectivity index is 1.84. The molecule has 2 heteroatoms. The molecule has 0 spiro atoms. The first-order valence-electron chi connectivity index (χ1n) is 8.40. The lowest BCUT2D eigenvalue weighted by Crippen LogP contribution is -1.92. The minimum absolute atomic E-state index is 0.220.